The number of hydrogen-bond acceptors (Lipinski definition) is 4. The van der Waals surface area contributed by atoms with Crippen LogP contribution in [0.15, 0.2) is 24.3 Å². The van der Waals surface area contributed by atoms with Crippen molar-refractivity contribution in [3.8, 4) is 0 Å². The molecule has 0 atom stereocenters. The second-order valence-corrected chi connectivity index (χ2v) is 4.32. The van der Waals surface area contributed by atoms with Gasteiger partial charge in [0.05, 0.1) is 0 Å². The maximum absolute atomic E-state index is 10.8. The van der Waals surface area contributed by atoms with Crippen LogP contribution in [-0.4, -0.2) is 46.5 Å². The normalized spacial score (nSPS) is 17.1. The van der Waals surface area contributed by atoms with Gasteiger partial charge in [-0.2, -0.15) is 0 Å². The molecule has 0 saturated carbocycles. The van der Waals surface area contributed by atoms with E-state index in [1.807, 2.05) is 13.8 Å². The van der Waals surface area contributed by atoms with Crippen molar-refractivity contribution in [3.05, 3.63) is 24.3 Å². The van der Waals surface area contributed by atoms with E-state index in [-0.39, 0.29) is 23.6 Å². The Hall–Kier alpha value is -2.24. The van der Waals surface area contributed by atoms with Gasteiger partial charge in [0.2, 0.25) is 0 Å². The maximum atomic E-state index is 10.8. The van der Waals surface area contributed by atoms with Gasteiger partial charge in [0, 0.05) is 37.4 Å². The molecule has 0 N–H and O–H groups in total. The molecule has 4 amide bonds. The SMILES string of the molecule is CCCN1C(=O)C=CC1=O.CCCN1C(=O)C=CC1=O. The Kier molecular flexibility index (Phi) is 5.83. The van der Waals surface area contributed by atoms with Gasteiger partial charge < -0.3 is 0 Å². The summed E-state index contributed by atoms with van der Waals surface area (Å²) in [7, 11) is 0. The van der Waals surface area contributed by atoms with Gasteiger partial charge in [-0.05, 0) is 12.8 Å². The monoisotopic (exact) mass is 278 g/mol. The highest BCUT2D eigenvalue weighted by Gasteiger charge is 2.22. The van der Waals surface area contributed by atoms with E-state index in [0.29, 0.717) is 13.1 Å². The van der Waals surface area contributed by atoms with E-state index in [2.05, 4.69) is 0 Å². The fraction of sp³-hybridized carbons (Fsp3) is 0.429. The molecule has 20 heavy (non-hydrogen) atoms. The van der Waals surface area contributed by atoms with Crippen LogP contribution in [0.4, 0.5) is 0 Å². The van der Waals surface area contributed by atoms with Gasteiger partial charge >= 0.3 is 0 Å². The molecule has 0 bridgehead atoms. The second kappa shape index (κ2) is 7.37. The number of carbonyl (C=O) groups is 4. The molecule has 0 spiro atoms. The highest BCUT2D eigenvalue weighted by atomic mass is 16.2. The third kappa shape index (κ3) is 3.88. The van der Waals surface area contributed by atoms with Crippen molar-refractivity contribution in [2.75, 3.05) is 13.1 Å². The quantitative estimate of drug-likeness (QED) is 0.707. The number of nitrogens with zero attached hydrogens (tertiary/aromatic N) is 2. The molecule has 0 saturated heterocycles. The summed E-state index contributed by atoms with van der Waals surface area (Å²) in [6.07, 6.45) is 6.85. The van der Waals surface area contributed by atoms with Crippen LogP contribution in [-0.2, 0) is 19.2 Å². The average molecular weight is 278 g/mol. The number of imide groups is 2. The van der Waals surface area contributed by atoms with Gasteiger partial charge in [-0.15, -0.1) is 0 Å². The first-order valence-corrected chi connectivity index (χ1v) is 6.58. The lowest BCUT2D eigenvalue weighted by Gasteiger charge is -2.10. The summed E-state index contributed by atoms with van der Waals surface area (Å²) in [5, 5.41) is 0. The van der Waals surface area contributed by atoms with Gasteiger partial charge in [-0.1, -0.05) is 13.8 Å². The summed E-state index contributed by atoms with van der Waals surface area (Å²) >= 11 is 0. The molecule has 6 nitrogen and oxygen atoms in total. The van der Waals surface area contributed by atoms with Crippen molar-refractivity contribution in [1.29, 1.82) is 0 Å². The van der Waals surface area contributed by atoms with E-state index in [1.165, 1.54) is 34.1 Å². The second-order valence-electron chi connectivity index (χ2n) is 4.32. The minimum atomic E-state index is -0.188. The van der Waals surface area contributed by atoms with Crippen molar-refractivity contribution in [1.82, 2.24) is 9.80 Å². The minimum absolute atomic E-state index is 0.188. The van der Waals surface area contributed by atoms with E-state index >= 15 is 0 Å². The molecular weight excluding hydrogens is 260 g/mol. The lowest BCUT2D eigenvalue weighted by atomic mass is 10.4. The summed E-state index contributed by atoms with van der Waals surface area (Å²) < 4.78 is 0. The fourth-order valence-electron chi connectivity index (χ4n) is 1.75. The van der Waals surface area contributed by atoms with Crippen molar-refractivity contribution in [2.24, 2.45) is 0 Å². The van der Waals surface area contributed by atoms with Crippen LogP contribution in [0.25, 0.3) is 0 Å². The van der Waals surface area contributed by atoms with E-state index < -0.39 is 0 Å². The number of rotatable bonds is 4. The molecule has 0 fully saturated rings. The van der Waals surface area contributed by atoms with Gasteiger partial charge in [0.15, 0.2) is 0 Å². The summed E-state index contributed by atoms with van der Waals surface area (Å²) in [6.45, 7) is 4.92. The minimum Gasteiger partial charge on any atom is -0.275 e. The molecule has 0 aromatic carbocycles. The molecular formula is C14H18N2O4. The van der Waals surface area contributed by atoms with Gasteiger partial charge in [-0.3, -0.25) is 29.0 Å². The number of hydrogen-bond donors (Lipinski definition) is 0. The van der Waals surface area contributed by atoms with E-state index in [9.17, 15) is 19.2 Å². The Morgan fingerprint density at radius 1 is 0.650 bits per heavy atom. The van der Waals surface area contributed by atoms with Crippen LogP contribution in [0.1, 0.15) is 26.7 Å². The molecule has 0 radical (unpaired) electrons. The Balaban J connectivity index is 0.000000200. The van der Waals surface area contributed by atoms with E-state index in [0.717, 1.165) is 12.8 Å². The Morgan fingerprint density at radius 3 is 1.10 bits per heavy atom. The zero-order chi connectivity index (χ0) is 15.1. The molecule has 0 unspecified atom stereocenters. The average Bonchev–Trinajstić information content (AvgIpc) is 2.90. The molecule has 0 aliphatic carbocycles. The van der Waals surface area contributed by atoms with Crippen molar-refractivity contribution >= 4 is 23.6 Å². The van der Waals surface area contributed by atoms with Crippen molar-refractivity contribution in [3.63, 3.8) is 0 Å². The third-order valence-electron chi connectivity index (χ3n) is 2.70. The highest BCUT2D eigenvalue weighted by molar-refractivity contribution is 6.13. The molecule has 108 valence electrons. The lowest BCUT2D eigenvalue weighted by Crippen LogP contribution is -2.30. The number of carbonyl (C=O) groups excluding carboxylic acids is 4. The largest absolute Gasteiger partial charge is 0.275 e. The summed E-state index contributed by atoms with van der Waals surface area (Å²) in [5.41, 5.74) is 0. The predicted octanol–water partition coefficient (Wildman–Crippen LogP) is 0.643. The maximum Gasteiger partial charge on any atom is 0.253 e. The molecule has 2 aliphatic rings. The highest BCUT2D eigenvalue weighted by Crippen LogP contribution is 2.03. The van der Waals surface area contributed by atoms with Gasteiger partial charge in [-0.25, -0.2) is 0 Å². The topological polar surface area (TPSA) is 74.8 Å². The smallest absolute Gasteiger partial charge is 0.253 e. The van der Waals surface area contributed by atoms with Crippen LogP contribution in [0.3, 0.4) is 0 Å². The first-order chi connectivity index (χ1) is 9.51. The van der Waals surface area contributed by atoms with Crippen LogP contribution in [0.2, 0.25) is 0 Å². The molecule has 2 rings (SSSR count). The first kappa shape index (κ1) is 15.8. The first-order valence-electron chi connectivity index (χ1n) is 6.58. The Bertz CT molecular complexity index is 400. The van der Waals surface area contributed by atoms with E-state index in [1.54, 1.807) is 0 Å². The van der Waals surface area contributed by atoms with Crippen LogP contribution < -0.4 is 0 Å². The molecule has 0 aromatic rings. The molecule has 6 heteroatoms. The summed E-state index contributed by atoms with van der Waals surface area (Å²) in [5.74, 6) is -0.752. The Morgan fingerprint density at radius 2 is 0.900 bits per heavy atom. The summed E-state index contributed by atoms with van der Waals surface area (Å²) in [4.78, 5) is 45.6. The molecule has 0 aromatic heterocycles. The fourth-order valence-corrected chi connectivity index (χ4v) is 1.75. The standard InChI is InChI=1S/2C7H9NO2/c2*1-2-5-8-6(9)3-4-7(8)10/h2*3-4H,2,5H2,1H3. The number of amides is 4. The third-order valence-corrected chi connectivity index (χ3v) is 2.70. The lowest BCUT2D eigenvalue weighted by molar-refractivity contribution is -0.138. The summed E-state index contributed by atoms with van der Waals surface area (Å²) in [6, 6.07) is 0. The zero-order valence-corrected chi connectivity index (χ0v) is 11.7. The molecule has 2 aliphatic heterocycles. The van der Waals surface area contributed by atoms with E-state index in [4.69, 9.17) is 0 Å². The van der Waals surface area contributed by atoms with Crippen LogP contribution in [0.5, 0.6) is 0 Å². The predicted molar refractivity (Wildman–Crippen MR) is 72.3 cm³/mol. The van der Waals surface area contributed by atoms with Crippen molar-refractivity contribution < 1.29 is 19.2 Å². The van der Waals surface area contributed by atoms with Crippen LogP contribution >= 0.6 is 0 Å². The van der Waals surface area contributed by atoms with Crippen LogP contribution in [0, 0.1) is 0 Å². The van der Waals surface area contributed by atoms with Gasteiger partial charge in [0.25, 0.3) is 23.6 Å². The molecule has 2 heterocycles. The van der Waals surface area contributed by atoms with Gasteiger partial charge in [0.1, 0.15) is 0 Å². The Labute approximate surface area is 117 Å². The zero-order valence-electron chi connectivity index (χ0n) is 11.7. The van der Waals surface area contributed by atoms with Crippen molar-refractivity contribution in [2.45, 2.75) is 26.7 Å².